The molecule has 0 saturated heterocycles. The number of aliphatic imine (C=N–C) groups is 1. The van der Waals surface area contributed by atoms with E-state index in [-0.39, 0.29) is 11.0 Å². The second kappa shape index (κ2) is 6.32. The summed E-state index contributed by atoms with van der Waals surface area (Å²) in [6.45, 7) is 2.88. The Balaban J connectivity index is 2.84. The molecule has 5 nitrogen and oxygen atoms in total. The van der Waals surface area contributed by atoms with Crippen molar-refractivity contribution in [2.24, 2.45) is 10.7 Å². The van der Waals surface area contributed by atoms with Crippen LogP contribution < -0.4 is 10.8 Å². The van der Waals surface area contributed by atoms with Gasteiger partial charge < -0.3 is 15.6 Å². The molecule has 17 heavy (non-hydrogen) atoms. The van der Waals surface area contributed by atoms with Crippen LogP contribution >= 0.6 is 0 Å². The number of quaternary nitrogens is 1. The minimum atomic E-state index is -1.10. The molecule has 0 aromatic heterocycles. The van der Waals surface area contributed by atoms with E-state index in [2.05, 4.69) is 11.9 Å². The molecule has 2 N–H and O–H groups in total. The van der Waals surface area contributed by atoms with E-state index in [0.717, 1.165) is 12.8 Å². The fraction of sp³-hybridized carbons (Fsp3) is 0.500. The molecule has 0 spiro atoms. The van der Waals surface area contributed by atoms with E-state index < -0.39 is 5.97 Å². The number of carbonyl (C=O) groups is 1. The highest BCUT2D eigenvalue weighted by molar-refractivity contribution is 5.90. The molecule has 94 valence electrons. The lowest BCUT2D eigenvalue weighted by atomic mass is 10.2. The van der Waals surface area contributed by atoms with Crippen molar-refractivity contribution >= 4 is 11.8 Å². The fourth-order valence-electron chi connectivity index (χ4n) is 1.84. The Labute approximate surface area is 102 Å². The van der Waals surface area contributed by atoms with Crippen LogP contribution in [0.2, 0.25) is 0 Å². The second-order valence-corrected chi connectivity index (χ2v) is 4.05. The first kappa shape index (κ1) is 13.6. The zero-order valence-electron chi connectivity index (χ0n) is 10.1. The van der Waals surface area contributed by atoms with Crippen molar-refractivity contribution in [3.63, 3.8) is 0 Å². The molecule has 0 saturated carbocycles. The summed E-state index contributed by atoms with van der Waals surface area (Å²) in [6, 6.07) is 0. The Bertz CT molecular complexity index is 361. The molecule has 0 aromatic rings. The van der Waals surface area contributed by atoms with Crippen molar-refractivity contribution in [1.82, 2.24) is 0 Å². The summed E-state index contributed by atoms with van der Waals surface area (Å²) in [7, 11) is 0. The Hall–Kier alpha value is -1.46. The van der Waals surface area contributed by atoms with Gasteiger partial charge in [0.1, 0.15) is 19.3 Å². The van der Waals surface area contributed by atoms with Crippen LogP contribution in [0.25, 0.3) is 0 Å². The van der Waals surface area contributed by atoms with Gasteiger partial charge in [-0.2, -0.15) is 4.99 Å². The third kappa shape index (κ3) is 3.51. The van der Waals surface area contributed by atoms with Gasteiger partial charge in [-0.3, -0.25) is 0 Å². The van der Waals surface area contributed by atoms with Crippen molar-refractivity contribution in [1.29, 1.82) is 0 Å². The fourth-order valence-corrected chi connectivity index (χ4v) is 1.84. The maximum atomic E-state index is 10.8. The second-order valence-electron chi connectivity index (χ2n) is 4.05. The quantitative estimate of drug-likeness (QED) is 0.620. The molecule has 1 aliphatic heterocycles. The number of hydrogen-bond donors (Lipinski definition) is 1. The van der Waals surface area contributed by atoms with Gasteiger partial charge >= 0.3 is 0 Å². The normalized spacial score (nSPS) is 23.3. The van der Waals surface area contributed by atoms with Crippen LogP contribution in [0, 0.1) is 0 Å². The predicted molar refractivity (Wildman–Crippen MR) is 64.7 cm³/mol. The van der Waals surface area contributed by atoms with E-state index in [9.17, 15) is 9.90 Å². The van der Waals surface area contributed by atoms with Crippen molar-refractivity contribution in [3.05, 3.63) is 24.6 Å². The first-order valence-electron chi connectivity index (χ1n) is 5.84. The van der Waals surface area contributed by atoms with Crippen LogP contribution in [0.3, 0.4) is 0 Å². The number of rotatable bonds is 7. The number of carboxylic acid groups (broad SMARTS) is 1. The molecule has 0 radical (unpaired) electrons. The van der Waals surface area contributed by atoms with E-state index in [1.54, 1.807) is 12.4 Å². The third-order valence-corrected chi connectivity index (χ3v) is 2.68. The zero-order chi connectivity index (χ0) is 12.7. The number of carbonyl (C=O) groups excluding carboxylic acids is 1. The lowest BCUT2D eigenvalue weighted by molar-refractivity contribution is -0.778. The van der Waals surface area contributed by atoms with Gasteiger partial charge in [-0.05, 0) is 6.42 Å². The zero-order valence-corrected chi connectivity index (χ0v) is 10.1. The van der Waals surface area contributed by atoms with Gasteiger partial charge in [-0.25, -0.2) is 4.48 Å². The average molecular weight is 237 g/mol. The van der Waals surface area contributed by atoms with Crippen LogP contribution in [0.5, 0.6) is 0 Å². The van der Waals surface area contributed by atoms with Crippen LogP contribution in [-0.2, 0) is 4.79 Å². The number of nitrogens with two attached hydrogens (primary N) is 1. The minimum absolute atomic E-state index is 0.122. The monoisotopic (exact) mass is 237 g/mol. The van der Waals surface area contributed by atoms with Gasteiger partial charge in [0.15, 0.2) is 0 Å². The summed E-state index contributed by atoms with van der Waals surface area (Å²) in [5.74, 6) is -0.380. The van der Waals surface area contributed by atoms with Gasteiger partial charge in [-0.1, -0.05) is 19.4 Å². The number of aliphatic carboxylic acids is 1. The van der Waals surface area contributed by atoms with Crippen LogP contribution in [-0.4, -0.2) is 35.9 Å². The Morgan fingerprint density at radius 2 is 2.41 bits per heavy atom. The molecule has 5 heteroatoms. The first-order valence-corrected chi connectivity index (χ1v) is 5.84. The molecule has 1 atom stereocenters. The Kier molecular flexibility index (Phi) is 5.06. The molecule has 0 aliphatic carbocycles. The topological polar surface area (TPSA) is 78.5 Å². The predicted octanol–water partition coefficient (Wildman–Crippen LogP) is -0.249. The highest BCUT2D eigenvalue weighted by Gasteiger charge is 2.33. The van der Waals surface area contributed by atoms with Crippen molar-refractivity contribution in [2.45, 2.75) is 19.8 Å². The van der Waals surface area contributed by atoms with E-state index >= 15 is 0 Å². The summed E-state index contributed by atoms with van der Waals surface area (Å²) < 4.78 is 0.152. The standard InChI is InChI=1S/C12H19N3O2/c1-2-3-4-5-11-14-7-9-15(11,8-6-13)10-12(16)17/h4-5,7,9H,2-3,6,8,10,13H2,1H3/b5-4+. The van der Waals surface area contributed by atoms with Gasteiger partial charge in [0.25, 0.3) is 0 Å². The molecular formula is C12H19N3O2. The molecular weight excluding hydrogens is 218 g/mol. The van der Waals surface area contributed by atoms with Crippen LogP contribution in [0.1, 0.15) is 19.8 Å². The van der Waals surface area contributed by atoms with E-state index in [1.165, 1.54) is 0 Å². The van der Waals surface area contributed by atoms with E-state index in [0.29, 0.717) is 18.9 Å². The van der Waals surface area contributed by atoms with Gasteiger partial charge in [0.05, 0.1) is 12.2 Å². The average Bonchev–Trinajstić information content (AvgIpc) is 2.61. The maximum Gasteiger partial charge on any atom is 0.232 e. The first-order chi connectivity index (χ1) is 8.14. The van der Waals surface area contributed by atoms with Crippen molar-refractivity contribution < 1.29 is 14.4 Å². The summed E-state index contributed by atoms with van der Waals surface area (Å²) >= 11 is 0. The summed E-state index contributed by atoms with van der Waals surface area (Å²) in [5, 5.41) is 10.8. The summed E-state index contributed by atoms with van der Waals surface area (Å²) in [6.07, 6.45) is 9.27. The lowest BCUT2D eigenvalue weighted by Gasteiger charge is -2.31. The minimum Gasteiger partial charge on any atom is -0.544 e. The maximum absolute atomic E-state index is 10.8. The van der Waals surface area contributed by atoms with E-state index in [1.807, 2.05) is 12.2 Å². The number of unbranched alkanes of at least 4 members (excludes halogenated alkanes) is 1. The SMILES string of the molecule is CCC/C=C/C1=NC=C[N+]1(CCN)CC(=O)[O-]. The van der Waals surface area contributed by atoms with E-state index in [4.69, 9.17) is 5.73 Å². The number of carboxylic acids is 1. The summed E-state index contributed by atoms with van der Waals surface area (Å²) in [5.41, 5.74) is 5.54. The van der Waals surface area contributed by atoms with Crippen LogP contribution in [0.15, 0.2) is 29.5 Å². The van der Waals surface area contributed by atoms with Crippen molar-refractivity contribution in [2.75, 3.05) is 19.6 Å². The molecule has 1 rings (SSSR count). The summed E-state index contributed by atoms with van der Waals surface area (Å²) in [4.78, 5) is 15.0. The van der Waals surface area contributed by atoms with Gasteiger partial charge in [-0.15, -0.1) is 0 Å². The molecule has 0 fully saturated rings. The lowest BCUT2D eigenvalue weighted by Crippen LogP contribution is -2.54. The molecule has 0 bridgehead atoms. The van der Waals surface area contributed by atoms with Gasteiger partial charge in [0.2, 0.25) is 5.84 Å². The van der Waals surface area contributed by atoms with Gasteiger partial charge in [0, 0.05) is 12.6 Å². The smallest absolute Gasteiger partial charge is 0.232 e. The molecule has 1 aliphatic rings. The highest BCUT2D eigenvalue weighted by atomic mass is 16.4. The molecule has 1 unspecified atom stereocenters. The molecule has 0 aromatic carbocycles. The number of allylic oxidation sites excluding steroid dienone is 1. The number of amidine groups is 1. The number of hydrogen-bond acceptors (Lipinski definition) is 4. The Morgan fingerprint density at radius 1 is 1.65 bits per heavy atom. The van der Waals surface area contributed by atoms with Crippen molar-refractivity contribution in [3.8, 4) is 0 Å². The van der Waals surface area contributed by atoms with Crippen LogP contribution in [0.4, 0.5) is 0 Å². The Morgan fingerprint density at radius 3 is 3.00 bits per heavy atom. The molecule has 1 heterocycles. The third-order valence-electron chi connectivity index (χ3n) is 2.68. The number of nitrogens with zero attached hydrogens (tertiary/aromatic N) is 2. The molecule has 0 amide bonds. The largest absolute Gasteiger partial charge is 0.544 e. The highest BCUT2D eigenvalue weighted by Crippen LogP contribution is 2.17.